The number of aromatic hydroxyl groups is 1. The van der Waals surface area contributed by atoms with E-state index in [1.54, 1.807) is 13.8 Å². The Hall–Kier alpha value is -3.71. The number of phenolic OH excluding ortho intramolecular Hbond substituents is 1. The molecule has 13 heteroatoms. The van der Waals surface area contributed by atoms with Crippen LogP contribution in [0, 0.1) is 5.92 Å². The van der Waals surface area contributed by atoms with Crippen molar-refractivity contribution in [3.05, 3.63) is 29.8 Å². The Labute approximate surface area is 215 Å². The van der Waals surface area contributed by atoms with Crippen LogP contribution >= 0.6 is 0 Å². The molecule has 13 nitrogen and oxygen atoms in total. The first kappa shape index (κ1) is 31.3. The van der Waals surface area contributed by atoms with Crippen molar-refractivity contribution >= 4 is 29.7 Å². The first-order valence-electron chi connectivity index (χ1n) is 11.9. The Kier molecular flexibility index (Phi) is 13.0. The van der Waals surface area contributed by atoms with E-state index in [1.165, 1.54) is 24.3 Å². The van der Waals surface area contributed by atoms with Crippen LogP contribution in [0.2, 0.25) is 0 Å². The number of carbonyl (C=O) groups is 5. The maximum absolute atomic E-state index is 13.0. The summed E-state index contributed by atoms with van der Waals surface area (Å²) in [5.41, 5.74) is 11.7. The van der Waals surface area contributed by atoms with Crippen molar-refractivity contribution in [1.29, 1.82) is 0 Å². The Morgan fingerprint density at radius 3 is 1.97 bits per heavy atom. The summed E-state index contributed by atoms with van der Waals surface area (Å²) in [5.74, 6) is -5.25. The monoisotopic (exact) mass is 523 g/mol. The molecule has 1 rings (SSSR count). The van der Waals surface area contributed by atoms with Crippen molar-refractivity contribution in [2.45, 2.75) is 70.1 Å². The van der Waals surface area contributed by atoms with Crippen molar-refractivity contribution in [1.82, 2.24) is 16.0 Å². The Morgan fingerprint density at radius 2 is 1.46 bits per heavy atom. The van der Waals surface area contributed by atoms with E-state index in [1.807, 2.05) is 0 Å². The van der Waals surface area contributed by atoms with Crippen LogP contribution in [0.15, 0.2) is 24.3 Å². The SMILES string of the molecule is CC(C)C(NC(=O)C(CCCCN)NC(=O)C(N)CC(=O)O)C(=O)NC(Cc1ccc(O)cc1)C(=O)O. The standard InChI is InChI=1S/C24H37N5O8/c1-13(2)20(23(35)28-18(24(36)37)11-14-6-8-15(30)9-7-14)29-22(34)17(5-3-4-10-25)27-21(33)16(26)12-19(31)32/h6-9,13,16-18,20,30H,3-5,10-12,25-26H2,1-2H3,(H,27,33)(H,28,35)(H,29,34)(H,31,32)(H,36,37). The predicted molar refractivity (Wildman–Crippen MR) is 133 cm³/mol. The lowest BCUT2D eigenvalue weighted by atomic mass is 10.00. The molecule has 1 aromatic rings. The molecule has 0 fully saturated rings. The minimum atomic E-state index is -1.37. The van der Waals surface area contributed by atoms with Gasteiger partial charge in [0.1, 0.15) is 23.9 Å². The molecule has 0 aromatic heterocycles. The molecular weight excluding hydrogens is 486 g/mol. The van der Waals surface area contributed by atoms with E-state index in [4.69, 9.17) is 16.6 Å². The molecular formula is C24H37N5O8. The zero-order chi connectivity index (χ0) is 28.1. The van der Waals surface area contributed by atoms with Crippen molar-refractivity contribution in [2.24, 2.45) is 17.4 Å². The summed E-state index contributed by atoms with van der Waals surface area (Å²) in [6.45, 7) is 3.67. The van der Waals surface area contributed by atoms with Gasteiger partial charge in [-0.25, -0.2) is 4.79 Å². The number of hydrogen-bond donors (Lipinski definition) is 8. The van der Waals surface area contributed by atoms with Crippen molar-refractivity contribution in [3.63, 3.8) is 0 Å². The third-order valence-electron chi connectivity index (χ3n) is 5.55. The normalized spacial score (nSPS) is 14.2. The van der Waals surface area contributed by atoms with Crippen LogP contribution in [-0.4, -0.2) is 75.7 Å². The van der Waals surface area contributed by atoms with Gasteiger partial charge in [0.25, 0.3) is 0 Å². The highest BCUT2D eigenvalue weighted by Crippen LogP contribution is 2.12. The number of carbonyl (C=O) groups excluding carboxylic acids is 3. The smallest absolute Gasteiger partial charge is 0.326 e. The second-order valence-electron chi connectivity index (χ2n) is 9.05. The summed E-state index contributed by atoms with van der Waals surface area (Å²) >= 11 is 0. The highest BCUT2D eigenvalue weighted by molar-refractivity contribution is 5.94. The summed E-state index contributed by atoms with van der Waals surface area (Å²) in [5, 5.41) is 35.3. The number of amides is 3. The van der Waals surface area contributed by atoms with Gasteiger partial charge in [-0.1, -0.05) is 26.0 Å². The maximum Gasteiger partial charge on any atom is 0.326 e. The van der Waals surface area contributed by atoms with Gasteiger partial charge < -0.3 is 42.7 Å². The highest BCUT2D eigenvalue weighted by Gasteiger charge is 2.32. The van der Waals surface area contributed by atoms with Gasteiger partial charge in [0.2, 0.25) is 17.7 Å². The fourth-order valence-corrected chi connectivity index (χ4v) is 3.44. The van der Waals surface area contributed by atoms with Crippen molar-refractivity contribution in [3.8, 4) is 5.75 Å². The van der Waals surface area contributed by atoms with E-state index in [9.17, 15) is 34.2 Å². The first-order valence-corrected chi connectivity index (χ1v) is 11.9. The van der Waals surface area contributed by atoms with Crippen LogP contribution in [0.3, 0.4) is 0 Å². The Bertz CT molecular complexity index is 938. The zero-order valence-electron chi connectivity index (χ0n) is 21.0. The molecule has 0 saturated carbocycles. The number of unbranched alkanes of at least 4 members (excludes halogenated alkanes) is 1. The van der Waals surface area contributed by atoms with Crippen molar-refractivity contribution in [2.75, 3.05) is 6.54 Å². The molecule has 0 spiro atoms. The number of carboxylic acids is 2. The molecule has 0 bridgehead atoms. The van der Waals surface area contributed by atoms with Gasteiger partial charge >= 0.3 is 11.9 Å². The van der Waals surface area contributed by atoms with Gasteiger partial charge in [-0.05, 0) is 49.4 Å². The molecule has 0 heterocycles. The number of carboxylic acid groups (broad SMARTS) is 2. The molecule has 4 unspecified atom stereocenters. The molecule has 1 aromatic carbocycles. The van der Waals surface area contributed by atoms with E-state index >= 15 is 0 Å². The molecule has 0 aliphatic heterocycles. The average molecular weight is 524 g/mol. The van der Waals surface area contributed by atoms with Crippen LogP contribution in [0.25, 0.3) is 0 Å². The molecule has 10 N–H and O–H groups in total. The number of aliphatic carboxylic acids is 2. The van der Waals surface area contributed by atoms with Gasteiger partial charge in [0.15, 0.2) is 0 Å². The third-order valence-corrected chi connectivity index (χ3v) is 5.55. The molecule has 37 heavy (non-hydrogen) atoms. The fraction of sp³-hybridized carbons (Fsp3) is 0.542. The van der Waals surface area contributed by atoms with Crippen LogP contribution in [0.5, 0.6) is 5.75 Å². The summed E-state index contributed by atoms with van der Waals surface area (Å²) in [6.07, 6.45) is 0.512. The van der Waals surface area contributed by atoms with E-state index in [0.717, 1.165) is 0 Å². The number of phenols is 1. The quantitative estimate of drug-likeness (QED) is 0.124. The van der Waals surface area contributed by atoms with Gasteiger partial charge in [0, 0.05) is 6.42 Å². The Balaban J connectivity index is 2.97. The van der Waals surface area contributed by atoms with Crippen LogP contribution in [0.1, 0.15) is 45.1 Å². The van der Waals surface area contributed by atoms with Gasteiger partial charge in [-0.2, -0.15) is 0 Å². The molecule has 0 aliphatic carbocycles. The summed E-state index contributed by atoms with van der Waals surface area (Å²) in [6, 6.07) is 0.942. The largest absolute Gasteiger partial charge is 0.508 e. The van der Waals surface area contributed by atoms with Crippen molar-refractivity contribution < 1.29 is 39.3 Å². The Morgan fingerprint density at radius 1 is 0.865 bits per heavy atom. The molecule has 0 aliphatic rings. The lowest BCUT2D eigenvalue weighted by Crippen LogP contribution is -2.58. The zero-order valence-corrected chi connectivity index (χ0v) is 21.0. The number of nitrogens with two attached hydrogens (primary N) is 2. The van der Waals surface area contributed by atoms with Crippen LogP contribution in [-0.2, 0) is 30.4 Å². The highest BCUT2D eigenvalue weighted by atomic mass is 16.4. The third kappa shape index (κ3) is 11.3. The summed E-state index contributed by atoms with van der Waals surface area (Å²) in [7, 11) is 0. The lowest BCUT2D eigenvalue weighted by Gasteiger charge is -2.27. The number of nitrogens with one attached hydrogen (secondary N) is 3. The number of hydrogen-bond acceptors (Lipinski definition) is 8. The van der Waals surface area contributed by atoms with E-state index < -0.39 is 66.2 Å². The predicted octanol–water partition coefficient (Wildman–Crippen LogP) is -0.939. The van der Waals surface area contributed by atoms with E-state index in [-0.39, 0.29) is 18.6 Å². The maximum atomic E-state index is 13.0. The number of benzene rings is 1. The second kappa shape index (κ2) is 15.4. The summed E-state index contributed by atoms with van der Waals surface area (Å²) in [4.78, 5) is 61.0. The van der Waals surface area contributed by atoms with Crippen LogP contribution in [0.4, 0.5) is 0 Å². The van der Waals surface area contributed by atoms with Gasteiger partial charge in [-0.3, -0.25) is 19.2 Å². The van der Waals surface area contributed by atoms with E-state index in [2.05, 4.69) is 16.0 Å². The minimum Gasteiger partial charge on any atom is -0.508 e. The molecule has 3 amide bonds. The minimum absolute atomic E-state index is 0.0132. The molecule has 0 saturated heterocycles. The first-order chi connectivity index (χ1) is 17.3. The fourth-order valence-electron chi connectivity index (χ4n) is 3.44. The lowest BCUT2D eigenvalue weighted by molar-refractivity contribution is -0.142. The summed E-state index contributed by atoms with van der Waals surface area (Å²) < 4.78 is 0. The number of rotatable bonds is 16. The molecule has 206 valence electrons. The van der Waals surface area contributed by atoms with Gasteiger partial charge in [-0.15, -0.1) is 0 Å². The average Bonchev–Trinajstić information content (AvgIpc) is 2.81. The topological polar surface area (TPSA) is 234 Å². The molecule has 4 atom stereocenters. The van der Waals surface area contributed by atoms with E-state index in [0.29, 0.717) is 24.9 Å². The second-order valence-corrected chi connectivity index (χ2v) is 9.05. The van der Waals surface area contributed by atoms with Gasteiger partial charge in [0.05, 0.1) is 12.5 Å². The molecule has 0 radical (unpaired) electrons. The van der Waals surface area contributed by atoms with Crippen LogP contribution < -0.4 is 27.4 Å².